The first kappa shape index (κ1) is 25.8. The fraction of sp³-hybridized carbons (Fsp3) is 0.188. The van der Waals surface area contributed by atoms with Crippen molar-refractivity contribution in [2.24, 2.45) is 0 Å². The first-order valence-electron chi connectivity index (χ1n) is 12.9. The summed E-state index contributed by atoms with van der Waals surface area (Å²) in [6.45, 7) is 0. The molecule has 3 atom stereocenters. The van der Waals surface area contributed by atoms with E-state index in [1.807, 2.05) is 0 Å². The van der Waals surface area contributed by atoms with Gasteiger partial charge >= 0.3 is 0 Å². The average molecular weight is 513 g/mol. The van der Waals surface area contributed by atoms with Gasteiger partial charge in [0.2, 0.25) is 0 Å². The molecular formula is C32H28BF4N. The van der Waals surface area contributed by atoms with Crippen LogP contribution in [0.25, 0.3) is 0 Å². The Hall–Kier alpha value is -3.82. The van der Waals surface area contributed by atoms with Crippen molar-refractivity contribution in [3.05, 3.63) is 120 Å². The molecule has 1 N–H and O–H groups in total. The van der Waals surface area contributed by atoms with Crippen LogP contribution in [0.4, 0.5) is 17.6 Å². The van der Waals surface area contributed by atoms with Gasteiger partial charge in [-0.25, -0.2) is 17.6 Å². The number of hydrogen-bond acceptors (Lipinski definition) is 0. The van der Waals surface area contributed by atoms with E-state index in [0.29, 0.717) is 27.9 Å². The molecule has 4 aromatic carbocycles. The Balaban J connectivity index is 0.000000273. The van der Waals surface area contributed by atoms with Gasteiger partial charge in [-0.3, -0.25) is 0 Å². The molecule has 6 rings (SSSR count). The van der Waals surface area contributed by atoms with Crippen LogP contribution < -0.4 is 26.8 Å². The quantitative estimate of drug-likeness (QED) is 0.243. The van der Waals surface area contributed by atoms with E-state index in [0.717, 1.165) is 12.5 Å². The maximum absolute atomic E-state index is 14.3. The van der Waals surface area contributed by atoms with Crippen LogP contribution in [0.15, 0.2) is 97.1 Å². The minimum absolute atomic E-state index is 0.488. The van der Waals surface area contributed by atoms with Crippen molar-refractivity contribution in [1.82, 2.24) is 0 Å². The van der Waals surface area contributed by atoms with Crippen molar-refractivity contribution < 1.29 is 22.5 Å². The van der Waals surface area contributed by atoms with E-state index in [1.54, 1.807) is 53.4 Å². The zero-order chi connectivity index (χ0) is 26.7. The monoisotopic (exact) mass is 513 g/mol. The lowest BCUT2D eigenvalue weighted by molar-refractivity contribution is -0.909. The third-order valence-electron chi connectivity index (χ3n) is 8.02. The molecule has 2 aliphatic heterocycles. The molecule has 1 nitrogen and oxygen atoms in total. The third-order valence-corrected chi connectivity index (χ3v) is 8.02. The molecule has 0 amide bonds. The van der Waals surface area contributed by atoms with E-state index in [-0.39, 0.29) is 0 Å². The van der Waals surface area contributed by atoms with Crippen LogP contribution in [0, 0.1) is 35.1 Å². The molecule has 38 heavy (non-hydrogen) atoms. The lowest BCUT2D eigenvalue weighted by Crippen LogP contribution is -3.14. The molecule has 0 radical (unpaired) electrons. The lowest BCUT2D eigenvalue weighted by Gasteiger charge is -2.44. The summed E-state index contributed by atoms with van der Waals surface area (Å²) in [5.74, 6) is 4.53. The summed E-state index contributed by atoms with van der Waals surface area (Å²) in [6, 6.07) is 25.0. The van der Waals surface area contributed by atoms with Gasteiger partial charge in [-0.15, -0.1) is 0 Å². The van der Waals surface area contributed by atoms with Gasteiger partial charge in [0.25, 0.3) is 0 Å². The highest BCUT2D eigenvalue weighted by Crippen LogP contribution is 2.13. The lowest BCUT2D eigenvalue weighted by atomic mass is 9.13. The Bertz CT molecular complexity index is 1320. The topological polar surface area (TPSA) is 4.44 Å². The van der Waals surface area contributed by atoms with E-state index in [9.17, 15) is 17.6 Å². The molecule has 0 spiro atoms. The second-order valence-corrected chi connectivity index (χ2v) is 10.2. The second kappa shape index (κ2) is 10.9. The molecule has 6 heteroatoms. The largest absolute Gasteiger partial charge is 0.322 e. The molecule has 1 saturated heterocycles. The molecule has 0 saturated carbocycles. The number of benzene rings is 4. The van der Waals surface area contributed by atoms with Gasteiger partial charge in [-0.05, 0) is 30.2 Å². The van der Waals surface area contributed by atoms with E-state index >= 15 is 0 Å². The van der Waals surface area contributed by atoms with Gasteiger partial charge in [0, 0.05) is 12.8 Å². The highest BCUT2D eigenvalue weighted by molar-refractivity contribution is 7.19. The number of fused-ring (bicyclic) bond motifs is 2. The molecule has 2 aliphatic rings. The number of rotatable bonds is 4. The van der Waals surface area contributed by atoms with E-state index < -0.39 is 29.4 Å². The Morgan fingerprint density at radius 3 is 1.34 bits per heavy atom. The smallest absolute Gasteiger partial charge is 0.149 e. The highest BCUT2D eigenvalue weighted by Gasteiger charge is 2.35. The maximum atomic E-state index is 14.3. The first-order chi connectivity index (χ1) is 18.4. The van der Waals surface area contributed by atoms with Crippen LogP contribution in [0.1, 0.15) is 19.3 Å². The summed E-state index contributed by atoms with van der Waals surface area (Å²) in [4.78, 5) is 1.66. The summed E-state index contributed by atoms with van der Waals surface area (Å²) in [5.41, 5.74) is 1.97. The van der Waals surface area contributed by atoms with Crippen LogP contribution >= 0.6 is 0 Å². The number of nitrogens with one attached hydrogen (secondary N) is 1. The van der Waals surface area contributed by atoms with Crippen LogP contribution in [-0.2, 0) is 0 Å². The summed E-state index contributed by atoms with van der Waals surface area (Å²) in [7, 11) is 2.27. The van der Waals surface area contributed by atoms with Crippen molar-refractivity contribution in [2.45, 2.75) is 31.3 Å². The van der Waals surface area contributed by atoms with Gasteiger partial charge in [0.1, 0.15) is 35.5 Å². The molecule has 1 unspecified atom stereocenters. The Morgan fingerprint density at radius 1 is 0.632 bits per heavy atom. The standard InChI is InChI=1S/C24H16BF4.C8H11N/c26-21-9-1-5-17(13-21)25(18-6-2-10-22(27)14-18,19-7-3-11-23(28)15-19)20-8-4-12-24(29)16-20;1-9-7-3-2-4-8(9)6-5-7/h1-16H;7-8H,3,5-6H2,1H3/q-1;/p+1/t;7-,8+/m.1/s1. The van der Waals surface area contributed by atoms with Crippen LogP contribution in [0.5, 0.6) is 0 Å². The zero-order valence-electron chi connectivity index (χ0n) is 21.1. The summed E-state index contributed by atoms with van der Waals surface area (Å²) in [6.07, 6.45) is 1.61. The minimum atomic E-state index is -2.25. The molecule has 4 aromatic rings. The normalized spacial score (nSPS) is 19.7. The molecule has 0 aliphatic carbocycles. The molecular weight excluding hydrogens is 485 g/mol. The van der Waals surface area contributed by atoms with Crippen LogP contribution in [0.2, 0.25) is 0 Å². The molecule has 2 bridgehead atoms. The van der Waals surface area contributed by atoms with Crippen molar-refractivity contribution >= 4 is 28.0 Å². The van der Waals surface area contributed by atoms with Crippen molar-refractivity contribution in [1.29, 1.82) is 0 Å². The van der Waals surface area contributed by atoms with Gasteiger partial charge in [0.05, 0.1) is 19.5 Å². The van der Waals surface area contributed by atoms with Crippen LogP contribution in [0.3, 0.4) is 0 Å². The van der Waals surface area contributed by atoms with Crippen molar-refractivity contribution in [3.8, 4) is 11.8 Å². The SMILES string of the molecule is C[NH+]1[C@@H]2CC#C[C@H]1CC2.Fc1cccc([B-](c2cccc(F)c2)(c2cccc(F)c2)c2cccc(F)c2)c1. The number of halogens is 4. The first-order valence-corrected chi connectivity index (χ1v) is 12.9. The zero-order valence-corrected chi connectivity index (χ0v) is 21.1. The molecule has 192 valence electrons. The summed E-state index contributed by atoms with van der Waals surface area (Å²) in [5, 5.41) is 0. The van der Waals surface area contributed by atoms with Crippen LogP contribution in [-0.4, -0.2) is 25.3 Å². The third kappa shape index (κ3) is 4.99. The van der Waals surface area contributed by atoms with Gasteiger partial charge in [0.15, 0.2) is 0 Å². The van der Waals surface area contributed by atoms with Gasteiger partial charge in [-0.2, -0.15) is 21.9 Å². The Labute approximate surface area is 221 Å². The molecule has 2 heterocycles. The maximum Gasteiger partial charge on any atom is 0.149 e. The second-order valence-electron chi connectivity index (χ2n) is 10.2. The fourth-order valence-corrected chi connectivity index (χ4v) is 6.12. The van der Waals surface area contributed by atoms with E-state index in [1.165, 1.54) is 61.4 Å². The molecule has 1 fully saturated rings. The number of quaternary nitrogens is 1. The highest BCUT2D eigenvalue weighted by atomic mass is 19.1. The summed E-state index contributed by atoms with van der Waals surface area (Å²) >= 11 is 0. The van der Waals surface area contributed by atoms with Crippen molar-refractivity contribution in [3.63, 3.8) is 0 Å². The minimum Gasteiger partial charge on any atom is -0.322 e. The average Bonchev–Trinajstić information content (AvgIpc) is 3.09. The van der Waals surface area contributed by atoms with Gasteiger partial charge in [-0.1, -0.05) is 78.7 Å². The molecule has 0 aromatic heterocycles. The predicted molar refractivity (Wildman–Crippen MR) is 146 cm³/mol. The number of hydrogen-bond donors (Lipinski definition) is 1. The predicted octanol–water partition coefficient (Wildman–Crippen LogP) is 3.06. The summed E-state index contributed by atoms with van der Waals surface area (Å²) < 4.78 is 57.1. The van der Waals surface area contributed by atoms with Crippen molar-refractivity contribution in [2.75, 3.05) is 7.05 Å². The Kier molecular flexibility index (Phi) is 7.40. The Morgan fingerprint density at radius 2 is 1.03 bits per heavy atom. The van der Waals surface area contributed by atoms with E-state index in [2.05, 4.69) is 18.9 Å². The fourth-order valence-electron chi connectivity index (χ4n) is 6.12. The van der Waals surface area contributed by atoms with Gasteiger partial charge < -0.3 is 4.90 Å². The van der Waals surface area contributed by atoms with E-state index in [4.69, 9.17) is 0 Å².